The molecule has 6 nitrogen and oxygen atoms in total. The van der Waals surface area contributed by atoms with Crippen molar-refractivity contribution in [3.8, 4) is 17.2 Å². The van der Waals surface area contributed by atoms with Gasteiger partial charge in [0.1, 0.15) is 23.9 Å². The van der Waals surface area contributed by atoms with Crippen LogP contribution in [0.5, 0.6) is 17.2 Å². The Hall–Kier alpha value is -3.33. The van der Waals surface area contributed by atoms with Crippen molar-refractivity contribution >= 4 is 17.6 Å². The zero-order chi connectivity index (χ0) is 35.6. The molecule has 0 aliphatic heterocycles. The molecule has 0 N–H and O–H groups in total. The molecule has 0 aromatic heterocycles. The second-order valence-corrected chi connectivity index (χ2v) is 9.55. The first-order valence-electron chi connectivity index (χ1n) is 11.7. The molecule has 0 unspecified atom stereocenters. The number of carbonyl (C=O) groups excluding carboxylic acids is 1. The van der Waals surface area contributed by atoms with Crippen molar-refractivity contribution in [3.05, 3.63) is 54.1 Å². The van der Waals surface area contributed by atoms with Gasteiger partial charge in [0.05, 0.1) is 10.9 Å². The lowest BCUT2D eigenvalue weighted by Gasteiger charge is -2.36. The minimum Gasteiger partial charge on any atom is -0.492 e. The molecule has 0 heterocycles. The molecule has 0 amide bonds. The SMILES string of the molecule is C[C@H](Cl)COc1ccc(C(=O)Oc2ccc(OCC(F)(F)OC(F)(F)C(F)(F)OC(F)(F)C(F)(F)C(F)(F)C(F)(F)F)cc2)cc1. The standard InChI is InChI=1S/C24H16ClF15O6/c1-12(25)10-42-14-4-2-13(3-5-14)17(41)44-16-8-6-15(7-9-16)43-11-18(26,27)45-23(37,38)24(39,40)46-22(35,36)20(30,31)19(28,29)21(32,33)34/h2-9,12H,10-11H2,1H3/t12-/m0/s1. The molecule has 0 bridgehead atoms. The number of esters is 1. The molecule has 22 heteroatoms. The lowest BCUT2D eigenvalue weighted by atomic mass is 10.1. The maximum Gasteiger partial charge on any atom is 0.460 e. The van der Waals surface area contributed by atoms with Gasteiger partial charge in [0.25, 0.3) is 0 Å². The highest BCUT2D eigenvalue weighted by Gasteiger charge is 2.85. The summed E-state index contributed by atoms with van der Waals surface area (Å²) in [5.74, 6) is -17.3. The lowest BCUT2D eigenvalue weighted by molar-refractivity contribution is -0.542. The summed E-state index contributed by atoms with van der Waals surface area (Å²) in [6, 6.07) is 8.78. The smallest absolute Gasteiger partial charge is 0.460 e. The molecule has 0 aliphatic carbocycles. The third-order valence-electron chi connectivity index (χ3n) is 5.00. The molecular weight excluding hydrogens is 705 g/mol. The Morgan fingerprint density at radius 1 is 0.630 bits per heavy atom. The predicted molar refractivity (Wildman–Crippen MR) is 122 cm³/mol. The summed E-state index contributed by atoms with van der Waals surface area (Å²) >= 11 is 5.75. The summed E-state index contributed by atoms with van der Waals surface area (Å²) in [4.78, 5) is 12.2. The van der Waals surface area contributed by atoms with Crippen molar-refractivity contribution in [1.82, 2.24) is 0 Å². The molecule has 2 rings (SSSR count). The second-order valence-electron chi connectivity index (χ2n) is 8.80. The van der Waals surface area contributed by atoms with Crippen LogP contribution in [-0.2, 0) is 9.47 Å². The fourth-order valence-corrected chi connectivity index (χ4v) is 2.82. The van der Waals surface area contributed by atoms with Crippen LogP contribution in [0.15, 0.2) is 48.5 Å². The molecule has 2 aromatic carbocycles. The van der Waals surface area contributed by atoms with Crippen LogP contribution in [0.3, 0.4) is 0 Å². The van der Waals surface area contributed by atoms with Gasteiger partial charge in [-0.15, -0.1) is 11.6 Å². The van der Waals surface area contributed by atoms with Gasteiger partial charge in [-0.1, -0.05) is 0 Å². The number of hydrogen-bond acceptors (Lipinski definition) is 6. The van der Waals surface area contributed by atoms with E-state index >= 15 is 0 Å². The highest BCUT2D eigenvalue weighted by Crippen LogP contribution is 2.56. The minimum atomic E-state index is -7.95. The molecule has 0 aliphatic rings. The van der Waals surface area contributed by atoms with Crippen LogP contribution in [0.4, 0.5) is 65.9 Å². The van der Waals surface area contributed by atoms with Gasteiger partial charge >= 0.3 is 48.4 Å². The zero-order valence-electron chi connectivity index (χ0n) is 22.1. The largest absolute Gasteiger partial charge is 0.492 e. The maximum atomic E-state index is 13.8. The number of ether oxygens (including phenoxy) is 5. The van der Waals surface area contributed by atoms with Crippen molar-refractivity contribution in [3.63, 3.8) is 0 Å². The van der Waals surface area contributed by atoms with Crippen LogP contribution in [0.25, 0.3) is 0 Å². The van der Waals surface area contributed by atoms with Gasteiger partial charge in [-0.25, -0.2) is 14.3 Å². The van der Waals surface area contributed by atoms with Crippen LogP contribution in [0.1, 0.15) is 17.3 Å². The van der Waals surface area contributed by atoms with Crippen LogP contribution in [-0.4, -0.2) is 67.0 Å². The van der Waals surface area contributed by atoms with E-state index in [1.807, 2.05) is 0 Å². The van der Waals surface area contributed by atoms with Gasteiger partial charge in [0, 0.05) is 0 Å². The lowest BCUT2D eigenvalue weighted by Crippen LogP contribution is -2.64. The van der Waals surface area contributed by atoms with Gasteiger partial charge in [-0.2, -0.15) is 65.9 Å². The van der Waals surface area contributed by atoms with Crippen molar-refractivity contribution in [2.45, 2.75) is 54.8 Å². The Morgan fingerprint density at radius 2 is 1.07 bits per heavy atom. The average Bonchev–Trinajstić information content (AvgIpc) is 2.89. The van der Waals surface area contributed by atoms with Gasteiger partial charge in [-0.3, -0.25) is 0 Å². The number of benzene rings is 2. The molecule has 2 aromatic rings. The summed E-state index contributed by atoms with van der Waals surface area (Å²) in [7, 11) is 0. The first-order chi connectivity index (χ1) is 20.6. The van der Waals surface area contributed by atoms with Crippen molar-refractivity contribution in [2.24, 2.45) is 0 Å². The third-order valence-corrected chi connectivity index (χ3v) is 5.13. The minimum absolute atomic E-state index is 0.0145. The van der Waals surface area contributed by atoms with E-state index in [1.54, 1.807) is 11.7 Å². The highest BCUT2D eigenvalue weighted by atomic mass is 35.5. The Bertz CT molecular complexity index is 1320. The first kappa shape index (κ1) is 38.9. The Morgan fingerprint density at radius 3 is 1.54 bits per heavy atom. The Balaban J connectivity index is 2.03. The van der Waals surface area contributed by atoms with E-state index in [1.165, 1.54) is 24.3 Å². The molecule has 46 heavy (non-hydrogen) atoms. The molecule has 0 fully saturated rings. The van der Waals surface area contributed by atoms with Gasteiger partial charge in [0.2, 0.25) is 0 Å². The quantitative estimate of drug-likeness (QED) is 0.0796. The molecule has 0 saturated carbocycles. The Kier molecular flexibility index (Phi) is 11.3. The highest BCUT2D eigenvalue weighted by molar-refractivity contribution is 6.20. The van der Waals surface area contributed by atoms with Gasteiger partial charge in [-0.05, 0) is 55.5 Å². The fourth-order valence-electron chi connectivity index (χ4n) is 2.76. The third kappa shape index (κ3) is 9.14. The molecule has 0 spiro atoms. The van der Waals surface area contributed by atoms with E-state index in [0.717, 1.165) is 24.3 Å². The van der Waals surface area contributed by atoms with E-state index in [2.05, 4.69) is 9.47 Å². The summed E-state index contributed by atoms with van der Waals surface area (Å²) in [5, 5.41) is -0.303. The van der Waals surface area contributed by atoms with E-state index in [-0.39, 0.29) is 23.3 Å². The first-order valence-corrected chi connectivity index (χ1v) is 12.1. The number of carbonyl (C=O) groups is 1. The van der Waals surface area contributed by atoms with Crippen molar-refractivity contribution in [2.75, 3.05) is 13.2 Å². The van der Waals surface area contributed by atoms with E-state index in [0.29, 0.717) is 5.75 Å². The summed E-state index contributed by atoms with van der Waals surface area (Å²) in [6.45, 7) is -0.599. The number of hydrogen-bond donors (Lipinski definition) is 0. The van der Waals surface area contributed by atoms with E-state index in [4.69, 9.17) is 21.1 Å². The summed E-state index contributed by atoms with van der Waals surface area (Å²) < 4.78 is 215. The monoisotopic (exact) mass is 720 g/mol. The summed E-state index contributed by atoms with van der Waals surface area (Å²) in [6.07, 6.45) is -35.3. The van der Waals surface area contributed by atoms with Gasteiger partial charge < -0.3 is 14.2 Å². The topological polar surface area (TPSA) is 63.2 Å². The van der Waals surface area contributed by atoms with Crippen LogP contribution in [0, 0.1) is 0 Å². The zero-order valence-corrected chi connectivity index (χ0v) is 22.9. The molecule has 260 valence electrons. The Labute approximate surface area is 251 Å². The molecular formula is C24H16ClF15O6. The van der Waals surface area contributed by atoms with Crippen LogP contribution < -0.4 is 14.2 Å². The average molecular weight is 721 g/mol. The normalized spacial score (nSPS) is 14.5. The maximum absolute atomic E-state index is 13.8. The number of alkyl halides is 16. The van der Waals surface area contributed by atoms with Crippen molar-refractivity contribution < 1.29 is 94.3 Å². The second kappa shape index (κ2) is 13.4. The number of rotatable bonds is 15. The van der Waals surface area contributed by atoms with Crippen molar-refractivity contribution in [1.29, 1.82) is 0 Å². The van der Waals surface area contributed by atoms with Crippen LogP contribution >= 0.6 is 11.6 Å². The van der Waals surface area contributed by atoms with Gasteiger partial charge in [0.15, 0.2) is 6.61 Å². The predicted octanol–water partition coefficient (Wildman–Crippen LogP) is 8.53. The number of halogens is 16. The van der Waals surface area contributed by atoms with E-state index in [9.17, 15) is 70.7 Å². The van der Waals surface area contributed by atoms with Crippen LogP contribution in [0.2, 0.25) is 0 Å². The summed E-state index contributed by atoms with van der Waals surface area (Å²) in [5.41, 5.74) is 0.0145. The molecule has 0 radical (unpaired) electrons. The fraction of sp³-hybridized carbons (Fsp3) is 0.458. The van der Waals surface area contributed by atoms with E-state index < -0.39 is 60.8 Å². The molecule has 0 saturated heterocycles. The molecule has 1 atom stereocenters.